The first kappa shape index (κ1) is 20.4. The summed E-state index contributed by atoms with van der Waals surface area (Å²) in [7, 11) is 0. The van der Waals surface area contributed by atoms with Gasteiger partial charge < -0.3 is 10.6 Å². The Labute approximate surface area is 171 Å². The van der Waals surface area contributed by atoms with E-state index in [0.29, 0.717) is 40.7 Å². The molecule has 3 rings (SSSR count). The number of carbonyl (C=O) groups excluding carboxylic acids is 2. The van der Waals surface area contributed by atoms with E-state index in [4.69, 9.17) is 0 Å². The number of anilines is 2. The average molecular weight is 411 g/mol. The van der Waals surface area contributed by atoms with Crippen molar-refractivity contribution in [3.05, 3.63) is 72.3 Å². The Morgan fingerprint density at radius 3 is 2.52 bits per heavy atom. The minimum absolute atomic E-state index is 0.0662. The van der Waals surface area contributed by atoms with E-state index in [1.807, 2.05) is 0 Å². The number of pyridine rings is 1. The first-order valence-electron chi connectivity index (χ1n) is 8.83. The summed E-state index contributed by atoms with van der Waals surface area (Å²) in [5, 5.41) is 14.1. The van der Waals surface area contributed by atoms with Crippen LogP contribution in [-0.2, 0) is 4.79 Å². The molecular weight excluding hydrogens is 393 g/mol. The lowest BCUT2D eigenvalue weighted by molar-refractivity contribution is -0.116. The van der Waals surface area contributed by atoms with Gasteiger partial charge in [0.25, 0.3) is 5.91 Å². The largest absolute Gasteiger partial charge is 0.325 e. The molecule has 2 amide bonds. The molecule has 7 nitrogen and oxygen atoms in total. The Kier molecular flexibility index (Phi) is 7.23. The van der Waals surface area contributed by atoms with E-state index in [0.717, 1.165) is 0 Å². The number of thioether (sulfide) groups is 1. The molecule has 0 aliphatic heterocycles. The number of carbonyl (C=O) groups is 2. The lowest BCUT2D eigenvalue weighted by Crippen LogP contribution is -2.13. The highest BCUT2D eigenvalue weighted by Gasteiger charge is 2.08. The van der Waals surface area contributed by atoms with Gasteiger partial charge in [0.05, 0.1) is 11.9 Å². The fourth-order valence-corrected chi connectivity index (χ4v) is 3.08. The topological polar surface area (TPSA) is 96.9 Å². The first-order chi connectivity index (χ1) is 14.1. The monoisotopic (exact) mass is 411 g/mol. The molecule has 0 aliphatic carbocycles. The lowest BCUT2D eigenvalue weighted by Gasteiger charge is -2.05. The van der Waals surface area contributed by atoms with Crippen molar-refractivity contribution in [3.63, 3.8) is 0 Å². The van der Waals surface area contributed by atoms with Crippen LogP contribution in [0, 0.1) is 5.82 Å². The van der Waals surface area contributed by atoms with E-state index in [-0.39, 0.29) is 11.8 Å². The molecule has 0 atom stereocenters. The summed E-state index contributed by atoms with van der Waals surface area (Å²) in [4.78, 5) is 27.9. The van der Waals surface area contributed by atoms with Gasteiger partial charge in [-0.3, -0.25) is 14.6 Å². The fourth-order valence-electron chi connectivity index (χ4n) is 2.32. The first-order valence-corrected chi connectivity index (χ1v) is 9.82. The minimum atomic E-state index is -0.405. The molecule has 2 heterocycles. The molecule has 0 spiro atoms. The van der Waals surface area contributed by atoms with Gasteiger partial charge in [-0.15, -0.1) is 22.0 Å². The second kappa shape index (κ2) is 10.3. The van der Waals surface area contributed by atoms with E-state index >= 15 is 0 Å². The number of hydrogen-bond acceptors (Lipinski definition) is 6. The van der Waals surface area contributed by atoms with Crippen LogP contribution in [0.15, 0.2) is 66.0 Å². The lowest BCUT2D eigenvalue weighted by atomic mass is 10.2. The standard InChI is InChI=1S/C20H18FN5O2S/c21-15-7-5-14(6-8-15)20(28)24-17-9-10-19(26-25-17)29-12-2-4-18(27)23-16-3-1-11-22-13-16/h1,3,5-11,13H,2,4,12H2,(H,23,27)(H,24,25,28). The van der Waals surface area contributed by atoms with Crippen LogP contribution in [0.25, 0.3) is 0 Å². The van der Waals surface area contributed by atoms with Gasteiger partial charge in [0.15, 0.2) is 5.82 Å². The Morgan fingerprint density at radius 1 is 1.00 bits per heavy atom. The van der Waals surface area contributed by atoms with Gasteiger partial charge in [0.1, 0.15) is 10.8 Å². The molecule has 3 aromatic rings. The van der Waals surface area contributed by atoms with Crippen LogP contribution >= 0.6 is 11.8 Å². The predicted octanol–water partition coefficient (Wildman–Crippen LogP) is 3.77. The normalized spacial score (nSPS) is 10.4. The summed E-state index contributed by atoms with van der Waals surface area (Å²) < 4.78 is 12.9. The zero-order valence-corrected chi connectivity index (χ0v) is 16.2. The zero-order valence-electron chi connectivity index (χ0n) is 15.3. The molecule has 0 radical (unpaired) electrons. The number of nitrogens with zero attached hydrogens (tertiary/aromatic N) is 3. The minimum Gasteiger partial charge on any atom is -0.325 e. The number of amides is 2. The van der Waals surface area contributed by atoms with E-state index in [2.05, 4.69) is 25.8 Å². The summed E-state index contributed by atoms with van der Waals surface area (Å²) in [6.45, 7) is 0. The van der Waals surface area contributed by atoms with Crippen molar-refractivity contribution in [2.45, 2.75) is 17.9 Å². The number of hydrogen-bond donors (Lipinski definition) is 2. The van der Waals surface area contributed by atoms with Crippen LogP contribution in [0.3, 0.4) is 0 Å². The van der Waals surface area contributed by atoms with Crippen molar-refractivity contribution >= 4 is 35.1 Å². The highest BCUT2D eigenvalue weighted by Crippen LogP contribution is 2.18. The molecule has 0 unspecified atom stereocenters. The van der Waals surface area contributed by atoms with Crippen molar-refractivity contribution in [2.24, 2.45) is 0 Å². The van der Waals surface area contributed by atoms with Crippen LogP contribution < -0.4 is 10.6 Å². The maximum atomic E-state index is 12.9. The highest BCUT2D eigenvalue weighted by atomic mass is 32.2. The molecule has 2 N–H and O–H groups in total. The van der Waals surface area contributed by atoms with E-state index in [1.165, 1.54) is 36.0 Å². The van der Waals surface area contributed by atoms with Crippen molar-refractivity contribution in [1.29, 1.82) is 0 Å². The fraction of sp³-hybridized carbons (Fsp3) is 0.150. The maximum Gasteiger partial charge on any atom is 0.256 e. The van der Waals surface area contributed by atoms with Crippen LogP contribution in [-0.4, -0.2) is 32.7 Å². The molecule has 0 bridgehead atoms. The van der Waals surface area contributed by atoms with Gasteiger partial charge in [-0.25, -0.2) is 4.39 Å². The Balaban J connectivity index is 1.39. The molecule has 2 aromatic heterocycles. The third-order valence-corrected chi connectivity index (χ3v) is 4.74. The van der Waals surface area contributed by atoms with E-state index in [1.54, 1.807) is 36.7 Å². The van der Waals surface area contributed by atoms with Crippen LogP contribution in [0.1, 0.15) is 23.2 Å². The Bertz CT molecular complexity index is 953. The van der Waals surface area contributed by atoms with Crippen LogP contribution in [0.2, 0.25) is 0 Å². The third-order valence-electron chi connectivity index (χ3n) is 3.73. The number of benzene rings is 1. The molecule has 148 valence electrons. The summed E-state index contributed by atoms with van der Waals surface area (Å²) in [5.74, 6) is 0.149. The number of nitrogens with one attached hydrogen (secondary N) is 2. The summed E-state index contributed by atoms with van der Waals surface area (Å²) >= 11 is 1.47. The number of aromatic nitrogens is 3. The van der Waals surface area contributed by atoms with Crippen LogP contribution in [0.4, 0.5) is 15.9 Å². The second-order valence-corrected chi connectivity index (χ2v) is 7.07. The van der Waals surface area contributed by atoms with Gasteiger partial charge in [-0.2, -0.15) is 0 Å². The highest BCUT2D eigenvalue weighted by molar-refractivity contribution is 7.99. The molecule has 0 saturated carbocycles. The molecule has 29 heavy (non-hydrogen) atoms. The molecule has 0 aliphatic rings. The van der Waals surface area contributed by atoms with Gasteiger partial charge in [0.2, 0.25) is 5.91 Å². The molecule has 0 saturated heterocycles. The van der Waals surface area contributed by atoms with Crippen molar-refractivity contribution in [3.8, 4) is 0 Å². The smallest absolute Gasteiger partial charge is 0.256 e. The van der Waals surface area contributed by atoms with Gasteiger partial charge in [-0.05, 0) is 55.0 Å². The van der Waals surface area contributed by atoms with E-state index in [9.17, 15) is 14.0 Å². The third kappa shape index (κ3) is 6.65. The molecular formula is C20H18FN5O2S. The van der Waals surface area contributed by atoms with Gasteiger partial charge >= 0.3 is 0 Å². The maximum absolute atomic E-state index is 12.9. The van der Waals surface area contributed by atoms with Crippen molar-refractivity contribution < 1.29 is 14.0 Å². The second-order valence-electron chi connectivity index (χ2n) is 5.96. The van der Waals surface area contributed by atoms with Crippen LogP contribution in [0.5, 0.6) is 0 Å². The SMILES string of the molecule is O=C(CCCSc1ccc(NC(=O)c2ccc(F)cc2)nn1)Nc1cccnc1. The van der Waals surface area contributed by atoms with E-state index < -0.39 is 5.82 Å². The molecule has 0 fully saturated rings. The zero-order chi connectivity index (χ0) is 20.5. The Hall–Kier alpha value is -3.33. The van der Waals surface area contributed by atoms with Gasteiger partial charge in [0, 0.05) is 23.9 Å². The summed E-state index contributed by atoms with van der Waals surface area (Å²) in [5.41, 5.74) is 1.01. The van der Waals surface area contributed by atoms with Crippen molar-refractivity contribution in [1.82, 2.24) is 15.2 Å². The van der Waals surface area contributed by atoms with Crippen molar-refractivity contribution in [2.75, 3.05) is 16.4 Å². The Morgan fingerprint density at radius 2 is 1.83 bits per heavy atom. The molecule has 1 aromatic carbocycles. The average Bonchev–Trinajstić information content (AvgIpc) is 2.73. The molecule has 9 heteroatoms. The number of halogens is 1. The quantitative estimate of drug-likeness (QED) is 0.433. The summed E-state index contributed by atoms with van der Waals surface area (Å²) in [6.07, 6.45) is 4.31. The van der Waals surface area contributed by atoms with Gasteiger partial charge in [-0.1, -0.05) is 0 Å². The number of rotatable bonds is 8. The summed E-state index contributed by atoms with van der Waals surface area (Å²) in [6, 6.07) is 12.2. The predicted molar refractivity (Wildman–Crippen MR) is 109 cm³/mol.